The van der Waals surface area contributed by atoms with Crippen molar-refractivity contribution in [2.75, 3.05) is 18.4 Å². The van der Waals surface area contributed by atoms with Crippen LogP contribution in [0.5, 0.6) is 0 Å². The second-order valence-corrected chi connectivity index (χ2v) is 5.46. The summed E-state index contributed by atoms with van der Waals surface area (Å²) in [7, 11) is 0. The molecule has 5 nitrogen and oxygen atoms in total. The van der Waals surface area contributed by atoms with Gasteiger partial charge in [0.1, 0.15) is 11.5 Å². The van der Waals surface area contributed by atoms with Gasteiger partial charge < -0.3 is 10.6 Å². The van der Waals surface area contributed by atoms with E-state index in [0.29, 0.717) is 23.9 Å². The molecule has 126 valence electrons. The number of carbonyl (C=O) groups excluding carboxylic acids is 1. The standard InChI is InChI=1S/C19H24N4O/c1-3-5-9-13-20-17-14-16(19(24)21-12-4-2)22-18(23-17)15-10-7-6-8-11-15/h4,6-8,10-11,14H,2-3,5,9,12-13H2,1H3,(H,21,24)(H,20,22,23). The molecule has 0 aliphatic heterocycles. The number of rotatable bonds is 9. The Bertz CT molecular complexity index is 670. The van der Waals surface area contributed by atoms with E-state index < -0.39 is 0 Å². The first-order chi connectivity index (χ1) is 11.7. The van der Waals surface area contributed by atoms with Crippen LogP contribution in [0.4, 0.5) is 5.82 Å². The predicted molar refractivity (Wildman–Crippen MR) is 98.0 cm³/mol. The Morgan fingerprint density at radius 3 is 2.71 bits per heavy atom. The number of nitrogens with zero attached hydrogens (tertiary/aromatic N) is 2. The smallest absolute Gasteiger partial charge is 0.270 e. The Balaban J connectivity index is 2.25. The zero-order chi connectivity index (χ0) is 17.2. The molecule has 1 aromatic heterocycles. The molecule has 1 heterocycles. The second kappa shape index (κ2) is 9.45. The minimum Gasteiger partial charge on any atom is -0.370 e. The number of nitrogens with one attached hydrogen (secondary N) is 2. The van der Waals surface area contributed by atoms with E-state index in [1.807, 2.05) is 30.3 Å². The normalized spacial score (nSPS) is 10.2. The molecule has 0 saturated carbocycles. The number of aromatic nitrogens is 2. The van der Waals surface area contributed by atoms with Crippen molar-refractivity contribution in [1.29, 1.82) is 0 Å². The van der Waals surface area contributed by atoms with E-state index in [-0.39, 0.29) is 5.91 Å². The van der Waals surface area contributed by atoms with Crippen LogP contribution in [0, 0.1) is 0 Å². The number of carbonyl (C=O) groups is 1. The van der Waals surface area contributed by atoms with Crippen molar-refractivity contribution >= 4 is 11.7 Å². The fraction of sp³-hybridized carbons (Fsp3) is 0.316. The second-order valence-electron chi connectivity index (χ2n) is 5.46. The number of hydrogen-bond donors (Lipinski definition) is 2. The molecule has 2 rings (SSSR count). The van der Waals surface area contributed by atoms with Crippen LogP contribution in [0.3, 0.4) is 0 Å². The number of hydrogen-bond acceptors (Lipinski definition) is 4. The fourth-order valence-electron chi connectivity index (χ4n) is 2.22. The summed E-state index contributed by atoms with van der Waals surface area (Å²) < 4.78 is 0. The van der Waals surface area contributed by atoms with Crippen LogP contribution in [0.25, 0.3) is 11.4 Å². The van der Waals surface area contributed by atoms with Crippen molar-refractivity contribution in [1.82, 2.24) is 15.3 Å². The molecule has 0 bridgehead atoms. The molecule has 5 heteroatoms. The van der Waals surface area contributed by atoms with E-state index in [0.717, 1.165) is 31.4 Å². The van der Waals surface area contributed by atoms with Gasteiger partial charge in [0.25, 0.3) is 5.91 Å². The Labute approximate surface area is 143 Å². The van der Waals surface area contributed by atoms with Crippen LogP contribution >= 0.6 is 0 Å². The molecule has 0 aliphatic rings. The lowest BCUT2D eigenvalue weighted by Crippen LogP contribution is -2.24. The van der Waals surface area contributed by atoms with Crippen molar-refractivity contribution in [3.63, 3.8) is 0 Å². The van der Waals surface area contributed by atoms with Gasteiger partial charge >= 0.3 is 0 Å². The molecule has 0 unspecified atom stereocenters. The summed E-state index contributed by atoms with van der Waals surface area (Å²) in [4.78, 5) is 21.2. The predicted octanol–water partition coefficient (Wildman–Crippen LogP) is 3.66. The lowest BCUT2D eigenvalue weighted by molar-refractivity contribution is 0.0953. The molecule has 1 aromatic carbocycles. The quantitative estimate of drug-likeness (QED) is 0.545. The summed E-state index contributed by atoms with van der Waals surface area (Å²) in [5.74, 6) is 0.981. The molecule has 2 aromatic rings. The topological polar surface area (TPSA) is 66.9 Å². The number of amides is 1. The van der Waals surface area contributed by atoms with Crippen LogP contribution in [-0.2, 0) is 0 Å². The fourth-order valence-corrected chi connectivity index (χ4v) is 2.22. The minimum absolute atomic E-state index is 0.230. The van der Waals surface area contributed by atoms with Crippen LogP contribution in [0.1, 0.15) is 36.7 Å². The lowest BCUT2D eigenvalue weighted by atomic mass is 10.2. The highest BCUT2D eigenvalue weighted by Gasteiger charge is 2.12. The average Bonchev–Trinajstić information content (AvgIpc) is 2.63. The van der Waals surface area contributed by atoms with Gasteiger partial charge in [-0.3, -0.25) is 4.79 Å². The first-order valence-corrected chi connectivity index (χ1v) is 8.32. The van der Waals surface area contributed by atoms with E-state index in [1.54, 1.807) is 12.1 Å². The summed E-state index contributed by atoms with van der Waals surface area (Å²) in [6.07, 6.45) is 5.03. The number of unbranched alkanes of at least 4 members (excludes halogenated alkanes) is 2. The summed E-state index contributed by atoms with van der Waals surface area (Å²) >= 11 is 0. The summed E-state index contributed by atoms with van der Waals surface area (Å²) in [6.45, 7) is 7.01. The zero-order valence-corrected chi connectivity index (χ0v) is 14.1. The van der Waals surface area contributed by atoms with E-state index >= 15 is 0 Å². The van der Waals surface area contributed by atoms with Gasteiger partial charge in [-0.05, 0) is 6.42 Å². The molecule has 1 amide bonds. The van der Waals surface area contributed by atoms with Gasteiger partial charge in [-0.25, -0.2) is 9.97 Å². The molecule has 2 N–H and O–H groups in total. The third-order valence-electron chi connectivity index (χ3n) is 3.48. The Morgan fingerprint density at radius 2 is 2.00 bits per heavy atom. The van der Waals surface area contributed by atoms with Crippen LogP contribution in [-0.4, -0.2) is 29.0 Å². The summed E-state index contributed by atoms with van der Waals surface area (Å²) in [5, 5.41) is 6.05. The Morgan fingerprint density at radius 1 is 1.21 bits per heavy atom. The van der Waals surface area contributed by atoms with Gasteiger partial charge in [0, 0.05) is 24.7 Å². The van der Waals surface area contributed by atoms with Crippen LogP contribution < -0.4 is 10.6 Å². The molecule has 0 aliphatic carbocycles. The Hall–Kier alpha value is -2.69. The van der Waals surface area contributed by atoms with Gasteiger partial charge in [-0.15, -0.1) is 6.58 Å². The average molecular weight is 324 g/mol. The summed E-state index contributed by atoms with van der Waals surface area (Å²) in [6, 6.07) is 11.4. The lowest BCUT2D eigenvalue weighted by Gasteiger charge is -2.10. The van der Waals surface area contributed by atoms with Crippen molar-refractivity contribution < 1.29 is 4.79 Å². The zero-order valence-electron chi connectivity index (χ0n) is 14.1. The maximum absolute atomic E-state index is 12.2. The van der Waals surface area contributed by atoms with Gasteiger partial charge in [0.15, 0.2) is 5.82 Å². The molecule has 0 atom stereocenters. The third kappa shape index (κ3) is 5.19. The Kier molecular flexibility index (Phi) is 6.95. The van der Waals surface area contributed by atoms with E-state index in [1.165, 1.54) is 0 Å². The molecule has 0 spiro atoms. The highest BCUT2D eigenvalue weighted by molar-refractivity contribution is 5.93. The first kappa shape index (κ1) is 17.7. The summed E-state index contributed by atoms with van der Waals surface area (Å²) in [5.41, 5.74) is 1.23. The maximum Gasteiger partial charge on any atom is 0.270 e. The van der Waals surface area contributed by atoms with E-state index in [2.05, 4.69) is 34.1 Å². The van der Waals surface area contributed by atoms with Crippen molar-refractivity contribution in [2.24, 2.45) is 0 Å². The highest BCUT2D eigenvalue weighted by atomic mass is 16.1. The SMILES string of the molecule is C=CCNC(=O)c1cc(NCCCCC)nc(-c2ccccc2)n1. The largest absolute Gasteiger partial charge is 0.370 e. The van der Waals surface area contributed by atoms with E-state index in [9.17, 15) is 4.79 Å². The first-order valence-electron chi connectivity index (χ1n) is 8.32. The molecule has 0 radical (unpaired) electrons. The van der Waals surface area contributed by atoms with Gasteiger partial charge in [0.2, 0.25) is 0 Å². The molecule has 0 saturated heterocycles. The molecule has 0 fully saturated rings. The number of benzene rings is 1. The monoisotopic (exact) mass is 324 g/mol. The molecular formula is C19H24N4O. The van der Waals surface area contributed by atoms with E-state index in [4.69, 9.17) is 0 Å². The van der Waals surface area contributed by atoms with Crippen molar-refractivity contribution in [3.8, 4) is 11.4 Å². The van der Waals surface area contributed by atoms with Crippen LogP contribution in [0.2, 0.25) is 0 Å². The maximum atomic E-state index is 12.2. The minimum atomic E-state index is -0.230. The third-order valence-corrected chi connectivity index (χ3v) is 3.48. The van der Waals surface area contributed by atoms with Gasteiger partial charge in [0.05, 0.1) is 0 Å². The van der Waals surface area contributed by atoms with Gasteiger partial charge in [-0.2, -0.15) is 0 Å². The highest BCUT2D eigenvalue weighted by Crippen LogP contribution is 2.18. The molecular weight excluding hydrogens is 300 g/mol. The van der Waals surface area contributed by atoms with Crippen molar-refractivity contribution in [3.05, 3.63) is 54.7 Å². The van der Waals surface area contributed by atoms with Crippen LogP contribution in [0.15, 0.2) is 49.1 Å². The van der Waals surface area contributed by atoms with Crippen molar-refractivity contribution in [2.45, 2.75) is 26.2 Å². The van der Waals surface area contributed by atoms with Gasteiger partial charge in [-0.1, -0.05) is 56.2 Å². The number of anilines is 1. The molecule has 24 heavy (non-hydrogen) atoms.